The lowest BCUT2D eigenvalue weighted by Crippen LogP contribution is -2.08. The molecule has 0 saturated heterocycles. The second-order valence-corrected chi connectivity index (χ2v) is 3.94. The molecule has 2 N–H and O–H groups in total. The van der Waals surface area contributed by atoms with E-state index in [9.17, 15) is 4.79 Å². The van der Waals surface area contributed by atoms with Gasteiger partial charge in [0.25, 0.3) is 0 Å². The van der Waals surface area contributed by atoms with Gasteiger partial charge in [0.1, 0.15) is 0 Å². The van der Waals surface area contributed by atoms with Crippen LogP contribution < -0.4 is 5.73 Å². The molecule has 0 aliphatic carbocycles. The summed E-state index contributed by atoms with van der Waals surface area (Å²) in [5.74, 6) is 0.325. The van der Waals surface area contributed by atoms with E-state index in [2.05, 4.69) is 20.3 Å². The quantitative estimate of drug-likeness (QED) is 0.780. The number of nitrogens with zero attached hydrogens (tertiary/aromatic N) is 4. The van der Waals surface area contributed by atoms with Crippen LogP contribution in [0.25, 0.3) is 5.69 Å². The number of nitrogens with two attached hydrogens (primary N) is 1. The van der Waals surface area contributed by atoms with Gasteiger partial charge >= 0.3 is 5.97 Å². The van der Waals surface area contributed by atoms with Crippen molar-refractivity contribution in [2.75, 3.05) is 13.7 Å². The van der Waals surface area contributed by atoms with Gasteiger partial charge in [-0.15, -0.1) is 5.10 Å². The molecule has 1 aromatic carbocycles. The largest absolute Gasteiger partial charge is 0.465 e. The number of hydrogen-bond acceptors (Lipinski definition) is 6. The standard InChI is InChI=1S/C12H15N5O2/c1-19-12(18)9-4-2-5-10(8-9)17-11(6-3-7-13)14-15-16-17/h2,4-5,8H,3,6-7,13H2,1H3. The van der Waals surface area contributed by atoms with Crippen LogP contribution in [-0.4, -0.2) is 39.8 Å². The number of methoxy groups -OCH3 is 1. The van der Waals surface area contributed by atoms with E-state index in [0.29, 0.717) is 24.4 Å². The van der Waals surface area contributed by atoms with E-state index in [0.717, 1.165) is 12.1 Å². The number of rotatable bonds is 5. The van der Waals surface area contributed by atoms with Crippen molar-refractivity contribution in [3.8, 4) is 5.69 Å². The van der Waals surface area contributed by atoms with Crippen LogP contribution in [0.4, 0.5) is 0 Å². The van der Waals surface area contributed by atoms with Crippen LogP contribution in [0.5, 0.6) is 0 Å². The van der Waals surface area contributed by atoms with Gasteiger partial charge in [0.05, 0.1) is 18.4 Å². The summed E-state index contributed by atoms with van der Waals surface area (Å²) < 4.78 is 6.29. The van der Waals surface area contributed by atoms with Crippen LogP contribution in [0.1, 0.15) is 22.6 Å². The van der Waals surface area contributed by atoms with Crippen molar-refractivity contribution in [3.05, 3.63) is 35.7 Å². The number of aromatic nitrogens is 4. The Morgan fingerprint density at radius 1 is 1.47 bits per heavy atom. The highest BCUT2D eigenvalue weighted by molar-refractivity contribution is 5.89. The number of benzene rings is 1. The average molecular weight is 261 g/mol. The number of carbonyl (C=O) groups excluding carboxylic acids is 1. The molecule has 1 heterocycles. The summed E-state index contributed by atoms with van der Waals surface area (Å²) in [4.78, 5) is 11.5. The summed E-state index contributed by atoms with van der Waals surface area (Å²) in [6.45, 7) is 0.578. The zero-order valence-corrected chi connectivity index (χ0v) is 10.6. The lowest BCUT2D eigenvalue weighted by atomic mass is 10.2. The Hall–Kier alpha value is -2.28. The van der Waals surface area contributed by atoms with Gasteiger partial charge < -0.3 is 10.5 Å². The van der Waals surface area contributed by atoms with Gasteiger partial charge in [-0.25, -0.2) is 4.79 Å². The minimum absolute atomic E-state index is 0.390. The van der Waals surface area contributed by atoms with E-state index in [1.807, 2.05) is 6.07 Å². The Bertz CT molecular complexity index is 567. The van der Waals surface area contributed by atoms with E-state index in [1.54, 1.807) is 22.9 Å². The van der Waals surface area contributed by atoms with E-state index in [4.69, 9.17) is 5.73 Å². The molecule has 0 unspecified atom stereocenters. The highest BCUT2D eigenvalue weighted by Crippen LogP contribution is 2.12. The zero-order chi connectivity index (χ0) is 13.7. The Morgan fingerprint density at radius 3 is 3.05 bits per heavy atom. The van der Waals surface area contributed by atoms with Crippen LogP contribution in [0.3, 0.4) is 0 Å². The zero-order valence-electron chi connectivity index (χ0n) is 10.6. The van der Waals surface area contributed by atoms with Crippen molar-refractivity contribution in [3.63, 3.8) is 0 Å². The number of carbonyl (C=O) groups is 1. The smallest absolute Gasteiger partial charge is 0.337 e. The number of aryl methyl sites for hydroxylation is 1. The van der Waals surface area contributed by atoms with Crippen molar-refractivity contribution < 1.29 is 9.53 Å². The molecular weight excluding hydrogens is 246 g/mol. The van der Waals surface area contributed by atoms with Crippen molar-refractivity contribution in [1.82, 2.24) is 20.2 Å². The van der Waals surface area contributed by atoms with Crippen molar-refractivity contribution in [2.24, 2.45) is 5.73 Å². The minimum atomic E-state index is -0.390. The third kappa shape index (κ3) is 2.94. The predicted octanol–water partition coefficient (Wildman–Crippen LogP) is 0.340. The van der Waals surface area contributed by atoms with E-state index < -0.39 is 5.97 Å². The number of tetrazole rings is 1. The molecule has 2 aromatic rings. The number of ether oxygens (including phenoxy) is 1. The second kappa shape index (κ2) is 6.05. The van der Waals surface area contributed by atoms with Gasteiger partial charge in [0, 0.05) is 6.42 Å². The highest BCUT2D eigenvalue weighted by atomic mass is 16.5. The van der Waals surface area contributed by atoms with Gasteiger partial charge in [-0.2, -0.15) is 4.68 Å². The molecule has 0 aliphatic rings. The predicted molar refractivity (Wildman–Crippen MR) is 67.9 cm³/mol. The SMILES string of the molecule is COC(=O)c1cccc(-n2nnnc2CCCN)c1. The Kier molecular flexibility index (Phi) is 4.19. The number of hydrogen-bond donors (Lipinski definition) is 1. The first-order valence-corrected chi connectivity index (χ1v) is 5.92. The van der Waals surface area contributed by atoms with Crippen molar-refractivity contribution in [1.29, 1.82) is 0 Å². The van der Waals surface area contributed by atoms with E-state index in [-0.39, 0.29) is 0 Å². The van der Waals surface area contributed by atoms with Gasteiger partial charge in [0.2, 0.25) is 0 Å². The molecule has 7 nitrogen and oxygen atoms in total. The molecule has 2 rings (SSSR count). The summed E-state index contributed by atoms with van der Waals surface area (Å²) in [6, 6.07) is 6.96. The molecule has 7 heteroatoms. The van der Waals surface area contributed by atoms with Gasteiger partial charge in [-0.05, 0) is 41.6 Å². The van der Waals surface area contributed by atoms with Crippen LogP contribution >= 0.6 is 0 Å². The van der Waals surface area contributed by atoms with Crippen molar-refractivity contribution in [2.45, 2.75) is 12.8 Å². The van der Waals surface area contributed by atoms with E-state index in [1.165, 1.54) is 7.11 Å². The summed E-state index contributed by atoms with van der Waals surface area (Å²) in [5, 5.41) is 11.5. The Labute approximate surface area is 110 Å². The lowest BCUT2D eigenvalue weighted by Gasteiger charge is -2.05. The molecule has 0 amide bonds. The molecule has 100 valence electrons. The normalized spacial score (nSPS) is 10.4. The second-order valence-electron chi connectivity index (χ2n) is 3.94. The molecular formula is C12H15N5O2. The first-order valence-electron chi connectivity index (χ1n) is 5.92. The molecule has 19 heavy (non-hydrogen) atoms. The fourth-order valence-electron chi connectivity index (χ4n) is 1.70. The topological polar surface area (TPSA) is 95.9 Å². The van der Waals surface area contributed by atoms with Gasteiger partial charge in [0.15, 0.2) is 5.82 Å². The van der Waals surface area contributed by atoms with E-state index >= 15 is 0 Å². The molecule has 0 spiro atoms. The van der Waals surface area contributed by atoms with Crippen molar-refractivity contribution >= 4 is 5.97 Å². The summed E-state index contributed by atoms with van der Waals surface area (Å²) in [6.07, 6.45) is 1.49. The lowest BCUT2D eigenvalue weighted by molar-refractivity contribution is 0.0600. The molecule has 0 fully saturated rings. The molecule has 0 radical (unpaired) electrons. The summed E-state index contributed by atoms with van der Waals surface area (Å²) in [7, 11) is 1.35. The molecule has 1 aromatic heterocycles. The summed E-state index contributed by atoms with van der Waals surface area (Å²) in [5.41, 5.74) is 6.66. The molecule has 0 atom stereocenters. The maximum atomic E-state index is 11.5. The maximum absolute atomic E-state index is 11.5. The monoisotopic (exact) mass is 261 g/mol. The average Bonchev–Trinajstić information content (AvgIpc) is 2.92. The van der Waals surface area contributed by atoms with Crippen LogP contribution in [-0.2, 0) is 11.2 Å². The minimum Gasteiger partial charge on any atom is -0.465 e. The Morgan fingerprint density at radius 2 is 2.32 bits per heavy atom. The summed E-state index contributed by atoms with van der Waals surface area (Å²) >= 11 is 0. The van der Waals surface area contributed by atoms with Crippen LogP contribution in [0.2, 0.25) is 0 Å². The highest BCUT2D eigenvalue weighted by Gasteiger charge is 2.11. The van der Waals surface area contributed by atoms with Gasteiger partial charge in [-0.1, -0.05) is 6.07 Å². The van der Waals surface area contributed by atoms with Crippen LogP contribution in [0, 0.1) is 0 Å². The fourth-order valence-corrected chi connectivity index (χ4v) is 1.70. The first kappa shape index (κ1) is 13.2. The third-order valence-electron chi connectivity index (χ3n) is 2.65. The van der Waals surface area contributed by atoms with Gasteiger partial charge in [-0.3, -0.25) is 0 Å². The first-order chi connectivity index (χ1) is 9.26. The molecule has 0 aliphatic heterocycles. The Balaban J connectivity index is 2.31. The van der Waals surface area contributed by atoms with Crippen LogP contribution in [0.15, 0.2) is 24.3 Å². The number of esters is 1. The molecule has 0 bridgehead atoms. The molecule has 0 saturated carbocycles. The maximum Gasteiger partial charge on any atom is 0.337 e. The third-order valence-corrected chi connectivity index (χ3v) is 2.65. The fraction of sp³-hybridized carbons (Fsp3) is 0.333.